The molecule has 3 aromatic carbocycles. The highest BCUT2D eigenvalue weighted by molar-refractivity contribution is 5.91. The van der Waals surface area contributed by atoms with Crippen molar-refractivity contribution in [3.63, 3.8) is 0 Å². The number of fused-ring (bicyclic) bond motifs is 1. The summed E-state index contributed by atoms with van der Waals surface area (Å²) in [5.41, 5.74) is 0.312. The van der Waals surface area contributed by atoms with Gasteiger partial charge in [0, 0.05) is 26.6 Å². The zero-order chi connectivity index (χ0) is 35.5. The van der Waals surface area contributed by atoms with Gasteiger partial charge in [0.25, 0.3) is 0 Å². The van der Waals surface area contributed by atoms with Crippen molar-refractivity contribution in [2.24, 2.45) is 0 Å². The number of hydrogen-bond acceptors (Lipinski definition) is 7. The smallest absolute Gasteiger partial charge is 0.408 e. The number of nitrogens with zero attached hydrogens (tertiary/aromatic N) is 1. The quantitative estimate of drug-likeness (QED) is 0.178. The molecule has 0 aliphatic rings. The summed E-state index contributed by atoms with van der Waals surface area (Å²) in [5, 5.41) is 20.0. The van der Waals surface area contributed by atoms with Crippen LogP contribution in [0.5, 0.6) is 5.75 Å². The number of amides is 4. The van der Waals surface area contributed by atoms with Gasteiger partial charge < -0.3 is 35.4 Å². The third-order valence-corrected chi connectivity index (χ3v) is 7.33. The molecule has 0 saturated heterocycles. The number of nitrogens with one attached hydrogen (secondary N) is 3. The van der Waals surface area contributed by atoms with Gasteiger partial charge in [-0.2, -0.15) is 0 Å². The number of likely N-dealkylation sites (N-methyl/N-ethyl adjacent to an activating group) is 1. The van der Waals surface area contributed by atoms with Gasteiger partial charge in [-0.15, -0.1) is 0 Å². The molecular formula is C37H50N4O7. The molecule has 0 spiro atoms. The van der Waals surface area contributed by atoms with Crippen molar-refractivity contribution >= 4 is 34.8 Å². The molecule has 0 radical (unpaired) electrons. The molecule has 3 rings (SSSR count). The van der Waals surface area contributed by atoms with Gasteiger partial charge in [0.15, 0.2) is 0 Å². The van der Waals surface area contributed by atoms with Crippen LogP contribution in [0.25, 0.3) is 10.8 Å². The van der Waals surface area contributed by atoms with Crippen molar-refractivity contribution < 1.29 is 33.8 Å². The number of alkyl carbamates (subject to hydrolysis) is 2. The van der Waals surface area contributed by atoms with Crippen molar-refractivity contribution in [2.75, 3.05) is 20.1 Å². The number of phenols is 1. The number of carbonyl (C=O) groups excluding carboxylic acids is 4. The van der Waals surface area contributed by atoms with Crippen LogP contribution in [-0.4, -0.2) is 77.4 Å². The van der Waals surface area contributed by atoms with Crippen LogP contribution in [0.4, 0.5) is 9.59 Å². The second-order valence-corrected chi connectivity index (χ2v) is 13.8. The summed E-state index contributed by atoms with van der Waals surface area (Å²) in [4.78, 5) is 54.2. The number of hydrogen-bond donors (Lipinski definition) is 4. The van der Waals surface area contributed by atoms with E-state index in [-0.39, 0.29) is 31.0 Å². The summed E-state index contributed by atoms with van der Waals surface area (Å²) in [6.45, 7) is 11.1. The summed E-state index contributed by atoms with van der Waals surface area (Å²) in [7, 11) is 1.54. The Labute approximate surface area is 283 Å². The molecule has 260 valence electrons. The fourth-order valence-corrected chi connectivity index (χ4v) is 5.06. The van der Waals surface area contributed by atoms with Crippen molar-refractivity contribution in [1.82, 2.24) is 20.9 Å². The Morgan fingerprint density at radius 3 is 2.02 bits per heavy atom. The molecule has 11 heteroatoms. The Balaban J connectivity index is 1.80. The van der Waals surface area contributed by atoms with E-state index in [0.717, 1.165) is 21.9 Å². The zero-order valence-corrected chi connectivity index (χ0v) is 29.1. The first-order chi connectivity index (χ1) is 22.5. The lowest BCUT2D eigenvalue weighted by Crippen LogP contribution is -2.55. The maximum atomic E-state index is 14.1. The van der Waals surface area contributed by atoms with E-state index < -0.39 is 41.4 Å². The van der Waals surface area contributed by atoms with Crippen molar-refractivity contribution in [2.45, 2.75) is 90.5 Å². The lowest BCUT2D eigenvalue weighted by atomic mass is 10.00. The molecule has 0 aromatic heterocycles. The molecule has 0 heterocycles. The molecule has 0 unspecified atom stereocenters. The third kappa shape index (κ3) is 12.8. The third-order valence-electron chi connectivity index (χ3n) is 7.33. The minimum Gasteiger partial charge on any atom is -0.508 e. The van der Waals surface area contributed by atoms with E-state index in [2.05, 4.69) is 16.0 Å². The zero-order valence-electron chi connectivity index (χ0n) is 29.1. The first-order valence-corrected chi connectivity index (χ1v) is 16.3. The average Bonchev–Trinajstić information content (AvgIpc) is 2.99. The molecule has 2 atom stereocenters. The normalized spacial score (nSPS) is 12.8. The number of phenolic OH excluding ortho intramolecular Hbond substituents is 1. The van der Waals surface area contributed by atoms with Crippen LogP contribution < -0.4 is 16.0 Å². The van der Waals surface area contributed by atoms with Crippen LogP contribution in [-0.2, 0) is 31.9 Å². The summed E-state index contributed by atoms with van der Waals surface area (Å²) in [6, 6.07) is 18.5. The van der Waals surface area contributed by atoms with E-state index in [1.54, 1.807) is 65.8 Å². The summed E-state index contributed by atoms with van der Waals surface area (Å²) >= 11 is 0. The Morgan fingerprint density at radius 1 is 0.771 bits per heavy atom. The van der Waals surface area contributed by atoms with Crippen LogP contribution in [0, 0.1) is 0 Å². The highest BCUT2D eigenvalue weighted by atomic mass is 16.6. The van der Waals surface area contributed by atoms with Crippen LogP contribution in [0.1, 0.15) is 65.5 Å². The molecular weight excluding hydrogens is 612 g/mol. The molecule has 48 heavy (non-hydrogen) atoms. The summed E-state index contributed by atoms with van der Waals surface area (Å²) < 4.78 is 10.8. The van der Waals surface area contributed by atoms with Gasteiger partial charge in [0.05, 0.1) is 0 Å². The topological polar surface area (TPSA) is 146 Å². The maximum absolute atomic E-state index is 14.1. The summed E-state index contributed by atoms with van der Waals surface area (Å²) in [6.07, 6.45) is -0.0189. The van der Waals surface area contributed by atoms with Gasteiger partial charge in [-0.3, -0.25) is 9.59 Å². The first kappa shape index (κ1) is 37.7. The largest absolute Gasteiger partial charge is 0.508 e. The fraction of sp³-hybridized carbons (Fsp3) is 0.459. The van der Waals surface area contributed by atoms with Gasteiger partial charge in [-0.1, -0.05) is 54.6 Å². The Kier molecular flexibility index (Phi) is 13.2. The van der Waals surface area contributed by atoms with E-state index in [1.165, 1.54) is 11.9 Å². The van der Waals surface area contributed by atoms with E-state index in [9.17, 15) is 24.3 Å². The second kappa shape index (κ2) is 16.9. The molecule has 4 N–H and O–H groups in total. The van der Waals surface area contributed by atoms with Crippen LogP contribution in [0.2, 0.25) is 0 Å². The average molecular weight is 663 g/mol. The molecule has 0 saturated carbocycles. The molecule has 0 bridgehead atoms. The summed E-state index contributed by atoms with van der Waals surface area (Å²) in [5.74, 6) is -0.683. The lowest BCUT2D eigenvalue weighted by molar-refractivity contribution is -0.140. The van der Waals surface area contributed by atoms with E-state index in [1.807, 2.05) is 42.5 Å². The molecule has 11 nitrogen and oxygen atoms in total. The number of ether oxygens (including phenoxy) is 2. The standard InChI is InChI=1S/C37H50N4O7/c1-36(2,3)47-34(45)39-21-10-13-31(32(43)38-22-20-25-15-18-29(42)19-16-25)41(7)33(44)30(40-35(46)48-37(4,5)6)24-26-14-17-27-11-8-9-12-28(27)23-26/h8-9,11-12,14-19,23,30-31,42H,10,13,20-22,24H2,1-7H3,(H,38,43)(H,39,45)(H,40,46)/t30-,31-/m0/s1. The minimum absolute atomic E-state index is 0.154. The number of rotatable bonds is 13. The lowest BCUT2D eigenvalue weighted by Gasteiger charge is -2.31. The predicted molar refractivity (Wildman–Crippen MR) is 186 cm³/mol. The molecule has 4 amide bonds. The monoisotopic (exact) mass is 662 g/mol. The van der Waals surface area contributed by atoms with Gasteiger partial charge >= 0.3 is 12.2 Å². The molecule has 0 fully saturated rings. The van der Waals surface area contributed by atoms with Crippen LogP contribution >= 0.6 is 0 Å². The van der Waals surface area contributed by atoms with Crippen molar-refractivity contribution in [3.05, 3.63) is 77.9 Å². The number of aromatic hydroxyl groups is 1. The highest BCUT2D eigenvalue weighted by Gasteiger charge is 2.33. The predicted octanol–water partition coefficient (Wildman–Crippen LogP) is 5.47. The van der Waals surface area contributed by atoms with Gasteiger partial charge in [-0.05, 0) is 94.8 Å². The SMILES string of the molecule is CN(C(=O)[C@H](Cc1ccc2ccccc2c1)NC(=O)OC(C)(C)C)[C@@H](CCCNC(=O)OC(C)(C)C)C(=O)NCCc1ccc(O)cc1. The Morgan fingerprint density at radius 2 is 1.38 bits per heavy atom. The molecule has 3 aromatic rings. The molecule has 0 aliphatic carbocycles. The second-order valence-electron chi connectivity index (χ2n) is 13.8. The maximum Gasteiger partial charge on any atom is 0.408 e. The number of carbonyl (C=O) groups is 4. The van der Waals surface area contributed by atoms with Gasteiger partial charge in [-0.25, -0.2) is 9.59 Å². The fourth-order valence-electron chi connectivity index (χ4n) is 5.06. The van der Waals surface area contributed by atoms with E-state index in [4.69, 9.17) is 9.47 Å². The van der Waals surface area contributed by atoms with E-state index >= 15 is 0 Å². The Hall–Kier alpha value is -4.80. The van der Waals surface area contributed by atoms with E-state index in [0.29, 0.717) is 19.4 Å². The minimum atomic E-state index is -1.03. The first-order valence-electron chi connectivity index (χ1n) is 16.3. The van der Waals surface area contributed by atoms with Crippen LogP contribution in [0.3, 0.4) is 0 Å². The number of benzene rings is 3. The Bertz CT molecular complexity index is 1540. The van der Waals surface area contributed by atoms with Crippen molar-refractivity contribution in [3.8, 4) is 5.75 Å². The highest BCUT2D eigenvalue weighted by Crippen LogP contribution is 2.19. The van der Waals surface area contributed by atoms with Crippen molar-refractivity contribution in [1.29, 1.82) is 0 Å². The van der Waals surface area contributed by atoms with Crippen LogP contribution in [0.15, 0.2) is 66.7 Å². The molecule has 0 aliphatic heterocycles. The van der Waals surface area contributed by atoms with Gasteiger partial charge in [0.1, 0.15) is 29.0 Å². The van der Waals surface area contributed by atoms with Gasteiger partial charge in [0.2, 0.25) is 11.8 Å².